The zero-order valence-electron chi connectivity index (χ0n) is 10.7. The fourth-order valence-corrected chi connectivity index (χ4v) is 2.15. The van der Waals surface area contributed by atoms with Crippen molar-refractivity contribution in [1.82, 2.24) is 10.6 Å². The molecule has 102 valence electrons. The molecule has 0 aliphatic carbocycles. The second-order valence-corrected chi connectivity index (χ2v) is 5.66. The highest BCUT2D eigenvalue weighted by Crippen LogP contribution is 2.27. The molecule has 0 radical (unpaired) electrons. The molecule has 0 aromatic heterocycles. The van der Waals surface area contributed by atoms with Crippen LogP contribution in [0.5, 0.6) is 0 Å². The largest absolute Gasteiger partial charge is 0.340 e. The highest BCUT2D eigenvalue weighted by molar-refractivity contribution is 6.34. The summed E-state index contributed by atoms with van der Waals surface area (Å²) in [7, 11) is 0. The molecule has 1 aliphatic rings. The van der Waals surface area contributed by atoms with Crippen molar-refractivity contribution in [3.05, 3.63) is 33.8 Å². The summed E-state index contributed by atoms with van der Waals surface area (Å²) in [6, 6.07) is 4.51. The van der Waals surface area contributed by atoms with Gasteiger partial charge in [-0.25, -0.2) is 0 Å². The van der Waals surface area contributed by atoms with Crippen LogP contribution in [0.1, 0.15) is 25.5 Å². The Hall–Kier alpha value is -1.26. The van der Waals surface area contributed by atoms with Gasteiger partial charge in [0, 0.05) is 22.2 Å². The van der Waals surface area contributed by atoms with Gasteiger partial charge in [0.2, 0.25) is 0 Å². The number of nitrogens with one attached hydrogen (secondary N) is 2. The van der Waals surface area contributed by atoms with Crippen molar-refractivity contribution in [2.24, 2.45) is 10.9 Å². The summed E-state index contributed by atoms with van der Waals surface area (Å²) in [6.45, 7) is 4.77. The molecule has 1 saturated heterocycles. The lowest BCUT2D eigenvalue weighted by molar-refractivity contribution is -0.120. The Morgan fingerprint density at radius 3 is 2.79 bits per heavy atom. The number of aliphatic imine (C=N–C) groups is 1. The molecule has 1 atom stereocenters. The van der Waals surface area contributed by atoms with E-state index in [4.69, 9.17) is 23.2 Å². The van der Waals surface area contributed by atoms with Crippen LogP contribution >= 0.6 is 23.2 Å². The molecule has 6 heteroatoms. The fraction of sp³-hybridized carbons (Fsp3) is 0.385. The van der Waals surface area contributed by atoms with Gasteiger partial charge in [0.15, 0.2) is 5.96 Å². The summed E-state index contributed by atoms with van der Waals surface area (Å²) in [6.07, 6.45) is 0. The van der Waals surface area contributed by atoms with E-state index < -0.39 is 6.04 Å². The van der Waals surface area contributed by atoms with E-state index in [1.165, 1.54) is 0 Å². The number of hydrogen-bond acceptors (Lipinski definition) is 2. The second kappa shape index (κ2) is 5.80. The lowest BCUT2D eigenvalue weighted by Crippen LogP contribution is -2.26. The molecule has 1 aliphatic heterocycles. The van der Waals surface area contributed by atoms with Gasteiger partial charge in [-0.1, -0.05) is 37.0 Å². The van der Waals surface area contributed by atoms with Gasteiger partial charge in [-0.15, -0.1) is 0 Å². The number of benzene rings is 1. The van der Waals surface area contributed by atoms with Crippen molar-refractivity contribution < 1.29 is 4.79 Å². The van der Waals surface area contributed by atoms with Crippen LogP contribution in [0.3, 0.4) is 0 Å². The van der Waals surface area contributed by atoms with Gasteiger partial charge in [-0.2, -0.15) is 0 Å². The summed E-state index contributed by atoms with van der Waals surface area (Å²) in [5.74, 6) is 0.742. The smallest absolute Gasteiger partial charge is 0.253 e. The zero-order chi connectivity index (χ0) is 14.0. The quantitative estimate of drug-likeness (QED) is 0.902. The van der Waals surface area contributed by atoms with Gasteiger partial charge < -0.3 is 5.32 Å². The van der Waals surface area contributed by atoms with Crippen LogP contribution in [0.2, 0.25) is 10.0 Å². The number of nitrogens with zero attached hydrogens (tertiary/aromatic N) is 1. The van der Waals surface area contributed by atoms with Crippen LogP contribution in [0.15, 0.2) is 23.2 Å². The van der Waals surface area contributed by atoms with Crippen molar-refractivity contribution in [3.63, 3.8) is 0 Å². The topological polar surface area (TPSA) is 53.5 Å². The van der Waals surface area contributed by atoms with Gasteiger partial charge in [-0.3, -0.25) is 15.1 Å². The average Bonchev–Trinajstić information content (AvgIpc) is 2.71. The first kappa shape index (κ1) is 14.2. The molecule has 19 heavy (non-hydrogen) atoms. The third-order valence-electron chi connectivity index (χ3n) is 2.67. The molecule has 1 heterocycles. The monoisotopic (exact) mass is 299 g/mol. The Labute approximate surface area is 122 Å². The van der Waals surface area contributed by atoms with Gasteiger partial charge in [-0.05, 0) is 24.1 Å². The molecule has 1 aromatic carbocycles. The number of amides is 1. The predicted octanol–water partition coefficient (Wildman–Crippen LogP) is 2.77. The van der Waals surface area contributed by atoms with Gasteiger partial charge in [0.25, 0.3) is 5.91 Å². The molecular weight excluding hydrogens is 285 g/mol. The second-order valence-electron chi connectivity index (χ2n) is 4.82. The van der Waals surface area contributed by atoms with Gasteiger partial charge in [0.05, 0.1) is 0 Å². The molecule has 2 N–H and O–H groups in total. The van der Waals surface area contributed by atoms with E-state index in [9.17, 15) is 4.79 Å². The molecule has 0 saturated carbocycles. The number of carbonyl (C=O) groups is 1. The standard InChI is InChI=1S/C13H15Cl2N3O/c1-7(2)6-16-13-17-11(12(19)18-13)9-5-8(14)3-4-10(9)15/h3-5,7,11H,6H2,1-2H3,(H2,16,17,18,19). The van der Waals surface area contributed by atoms with Crippen molar-refractivity contribution in [2.75, 3.05) is 6.54 Å². The summed E-state index contributed by atoms with van der Waals surface area (Å²) < 4.78 is 0. The van der Waals surface area contributed by atoms with Crippen molar-refractivity contribution in [2.45, 2.75) is 19.9 Å². The first-order valence-corrected chi connectivity index (χ1v) is 6.79. The lowest BCUT2D eigenvalue weighted by atomic mass is 10.1. The van der Waals surface area contributed by atoms with Crippen LogP contribution in [-0.2, 0) is 4.79 Å². The first-order chi connectivity index (χ1) is 8.97. The summed E-state index contributed by atoms with van der Waals surface area (Å²) in [5, 5.41) is 6.77. The van der Waals surface area contributed by atoms with Gasteiger partial charge in [0.1, 0.15) is 6.04 Å². The van der Waals surface area contributed by atoms with E-state index in [-0.39, 0.29) is 5.91 Å². The fourth-order valence-electron chi connectivity index (χ4n) is 1.74. The normalized spacial score (nSPS) is 20.8. The maximum Gasteiger partial charge on any atom is 0.253 e. The summed E-state index contributed by atoms with van der Waals surface area (Å²) in [5.41, 5.74) is 0.654. The summed E-state index contributed by atoms with van der Waals surface area (Å²) in [4.78, 5) is 16.2. The lowest BCUT2D eigenvalue weighted by Gasteiger charge is -2.10. The third-order valence-corrected chi connectivity index (χ3v) is 3.25. The maximum absolute atomic E-state index is 11.9. The molecule has 1 fully saturated rings. The van der Waals surface area contributed by atoms with Crippen molar-refractivity contribution in [1.29, 1.82) is 0 Å². The van der Waals surface area contributed by atoms with Crippen molar-refractivity contribution >= 4 is 35.1 Å². The average molecular weight is 300 g/mol. The van der Waals surface area contributed by atoms with E-state index in [0.29, 0.717) is 34.0 Å². The first-order valence-electron chi connectivity index (χ1n) is 6.04. The van der Waals surface area contributed by atoms with E-state index >= 15 is 0 Å². The van der Waals surface area contributed by atoms with Crippen LogP contribution in [-0.4, -0.2) is 18.4 Å². The Kier molecular flexibility index (Phi) is 4.32. The minimum absolute atomic E-state index is 0.174. The van der Waals surface area contributed by atoms with Crippen LogP contribution in [0.4, 0.5) is 0 Å². The number of hydrogen-bond donors (Lipinski definition) is 2. The van der Waals surface area contributed by atoms with E-state index in [1.807, 2.05) is 0 Å². The molecule has 0 bridgehead atoms. The van der Waals surface area contributed by atoms with Crippen molar-refractivity contribution in [3.8, 4) is 0 Å². The number of carbonyl (C=O) groups excluding carboxylic acids is 1. The molecule has 0 spiro atoms. The molecule has 2 rings (SSSR count). The molecule has 4 nitrogen and oxygen atoms in total. The molecular formula is C13H15Cl2N3O. The SMILES string of the molecule is CC(C)CN=C1NC(=O)C(c2cc(Cl)ccc2Cl)N1. The summed E-state index contributed by atoms with van der Waals surface area (Å²) >= 11 is 12.0. The highest BCUT2D eigenvalue weighted by Gasteiger charge is 2.31. The molecule has 1 unspecified atom stereocenters. The Bertz CT molecular complexity index is 529. The van der Waals surface area contributed by atoms with E-state index in [1.54, 1.807) is 18.2 Å². The Morgan fingerprint density at radius 2 is 2.11 bits per heavy atom. The number of halogens is 2. The Balaban J connectivity index is 2.20. The maximum atomic E-state index is 11.9. The number of guanidine groups is 1. The van der Waals surface area contributed by atoms with Gasteiger partial charge >= 0.3 is 0 Å². The Morgan fingerprint density at radius 1 is 1.37 bits per heavy atom. The van der Waals surface area contributed by atoms with E-state index in [2.05, 4.69) is 29.5 Å². The zero-order valence-corrected chi connectivity index (χ0v) is 12.2. The molecule has 1 amide bonds. The van der Waals surface area contributed by atoms with Crippen LogP contribution in [0, 0.1) is 5.92 Å². The molecule has 1 aromatic rings. The predicted molar refractivity (Wildman–Crippen MR) is 77.6 cm³/mol. The number of rotatable bonds is 3. The van der Waals surface area contributed by atoms with E-state index in [0.717, 1.165) is 0 Å². The highest BCUT2D eigenvalue weighted by atomic mass is 35.5. The minimum atomic E-state index is -0.544. The minimum Gasteiger partial charge on any atom is -0.340 e. The third kappa shape index (κ3) is 3.39. The van der Waals surface area contributed by atoms with Crippen LogP contribution < -0.4 is 10.6 Å². The van der Waals surface area contributed by atoms with Crippen LogP contribution in [0.25, 0.3) is 0 Å².